The van der Waals surface area contributed by atoms with Crippen LogP contribution in [0, 0.1) is 6.92 Å². The number of aryl methyl sites for hydroxylation is 2. The highest BCUT2D eigenvalue weighted by atomic mass is 16.3. The smallest absolute Gasteiger partial charge is 0.122 e. The highest BCUT2D eigenvalue weighted by Gasteiger charge is 2.19. The van der Waals surface area contributed by atoms with Gasteiger partial charge in [0.1, 0.15) is 5.75 Å². The number of phenols is 1. The second-order valence-electron chi connectivity index (χ2n) is 5.31. The quantitative estimate of drug-likeness (QED) is 0.768. The lowest BCUT2D eigenvalue weighted by Gasteiger charge is -2.22. The number of phenolic OH excluding ortho intramolecular Hbond substituents is 1. The molecule has 0 aliphatic heterocycles. The molecule has 0 aliphatic carbocycles. The van der Waals surface area contributed by atoms with Crippen molar-refractivity contribution in [2.45, 2.75) is 66.7 Å². The van der Waals surface area contributed by atoms with E-state index in [2.05, 4.69) is 39.8 Å². The lowest BCUT2D eigenvalue weighted by molar-refractivity contribution is 0.442. The molecule has 0 atom stereocenters. The molecule has 0 aromatic heterocycles. The average molecular weight is 236 g/mol. The Hall–Kier alpha value is -0.980. The summed E-state index contributed by atoms with van der Waals surface area (Å²) >= 11 is 0. The second-order valence-corrected chi connectivity index (χ2v) is 5.31. The van der Waals surface area contributed by atoms with Gasteiger partial charge in [-0.3, -0.25) is 0 Å². The van der Waals surface area contributed by atoms with Crippen LogP contribution >= 0.6 is 0 Å². The molecule has 0 heterocycles. The first-order chi connectivity index (χ1) is 7.86. The van der Waals surface area contributed by atoms with E-state index < -0.39 is 0 Å². The summed E-state index contributed by atoms with van der Waals surface area (Å²) in [6.45, 7) is 14.6. The van der Waals surface area contributed by atoms with Gasteiger partial charge in [-0.15, -0.1) is 0 Å². The van der Waals surface area contributed by atoms with Gasteiger partial charge in [-0.05, 0) is 35.4 Å². The van der Waals surface area contributed by atoms with E-state index in [1.165, 1.54) is 5.56 Å². The van der Waals surface area contributed by atoms with Gasteiger partial charge in [0.2, 0.25) is 0 Å². The van der Waals surface area contributed by atoms with E-state index in [1.54, 1.807) is 0 Å². The summed E-state index contributed by atoms with van der Waals surface area (Å²) < 4.78 is 0. The third kappa shape index (κ3) is 4.41. The van der Waals surface area contributed by atoms with E-state index in [4.69, 9.17) is 0 Å². The lowest BCUT2D eigenvalue weighted by Crippen LogP contribution is -2.12. The number of hydrogen-bond acceptors (Lipinski definition) is 1. The highest BCUT2D eigenvalue weighted by Crippen LogP contribution is 2.34. The monoisotopic (exact) mass is 236 g/mol. The molecule has 0 saturated carbocycles. The molecular weight excluding hydrogens is 208 g/mol. The zero-order valence-electron chi connectivity index (χ0n) is 12.5. The maximum atomic E-state index is 10.0. The molecule has 0 radical (unpaired) electrons. The minimum absolute atomic E-state index is 0.0125. The molecule has 0 bridgehead atoms. The fraction of sp³-hybridized carbons (Fsp3) is 0.625. The number of aromatic hydroxyl groups is 1. The van der Waals surface area contributed by atoms with Crippen LogP contribution in [0.25, 0.3) is 0 Å². The van der Waals surface area contributed by atoms with Crippen LogP contribution in [-0.4, -0.2) is 5.11 Å². The first-order valence-corrected chi connectivity index (χ1v) is 6.69. The molecule has 17 heavy (non-hydrogen) atoms. The molecule has 98 valence electrons. The molecule has 0 fully saturated rings. The molecule has 1 aromatic carbocycles. The molecule has 1 N–H and O–H groups in total. The van der Waals surface area contributed by atoms with Crippen LogP contribution in [0.3, 0.4) is 0 Å². The van der Waals surface area contributed by atoms with Crippen molar-refractivity contribution < 1.29 is 5.11 Å². The van der Waals surface area contributed by atoms with Crippen LogP contribution < -0.4 is 0 Å². The second kappa shape index (κ2) is 6.68. The van der Waals surface area contributed by atoms with Crippen molar-refractivity contribution in [3.05, 3.63) is 28.8 Å². The fourth-order valence-electron chi connectivity index (χ4n) is 1.86. The van der Waals surface area contributed by atoms with Gasteiger partial charge in [0, 0.05) is 0 Å². The zero-order chi connectivity index (χ0) is 13.6. The van der Waals surface area contributed by atoms with Crippen LogP contribution in [0.15, 0.2) is 12.1 Å². The van der Waals surface area contributed by atoms with E-state index in [-0.39, 0.29) is 5.41 Å². The molecule has 0 unspecified atom stereocenters. The zero-order valence-corrected chi connectivity index (χ0v) is 12.5. The van der Waals surface area contributed by atoms with Gasteiger partial charge in [0.25, 0.3) is 0 Å². The van der Waals surface area contributed by atoms with Crippen molar-refractivity contribution in [2.75, 3.05) is 0 Å². The Morgan fingerprint density at radius 1 is 1.12 bits per heavy atom. The summed E-state index contributed by atoms with van der Waals surface area (Å²) in [5.41, 5.74) is 3.40. The molecule has 1 nitrogen and oxygen atoms in total. The Bertz CT molecular complexity index is 345. The van der Waals surface area contributed by atoms with Gasteiger partial charge < -0.3 is 5.11 Å². The van der Waals surface area contributed by atoms with Crippen molar-refractivity contribution in [3.63, 3.8) is 0 Å². The van der Waals surface area contributed by atoms with E-state index in [9.17, 15) is 5.11 Å². The van der Waals surface area contributed by atoms with Crippen LogP contribution in [0.4, 0.5) is 0 Å². The molecule has 0 amide bonds. The minimum atomic E-state index is 0.0125. The van der Waals surface area contributed by atoms with Gasteiger partial charge in [0.05, 0.1) is 0 Å². The summed E-state index contributed by atoms with van der Waals surface area (Å²) in [5, 5.41) is 10.0. The molecule has 1 heteroatoms. The Labute approximate surface area is 107 Å². The Kier molecular flexibility index (Phi) is 6.30. The van der Waals surface area contributed by atoms with Crippen molar-refractivity contribution >= 4 is 0 Å². The Morgan fingerprint density at radius 3 is 2.06 bits per heavy atom. The highest BCUT2D eigenvalue weighted by molar-refractivity contribution is 5.46. The van der Waals surface area contributed by atoms with Crippen LogP contribution in [-0.2, 0) is 11.8 Å². The first kappa shape index (κ1) is 16.0. The summed E-state index contributed by atoms with van der Waals surface area (Å²) in [5.74, 6) is 0.461. The van der Waals surface area contributed by atoms with Gasteiger partial charge in [0.15, 0.2) is 0 Å². The predicted octanol–water partition coefficient (Wildman–Crippen LogP) is 4.98. The summed E-state index contributed by atoms with van der Waals surface area (Å²) in [6, 6.07) is 4.24. The van der Waals surface area contributed by atoms with Crippen molar-refractivity contribution in [3.8, 4) is 5.75 Å². The van der Waals surface area contributed by atoms with Crippen LogP contribution in [0.5, 0.6) is 5.75 Å². The van der Waals surface area contributed by atoms with Gasteiger partial charge in [-0.1, -0.05) is 60.1 Å². The maximum absolute atomic E-state index is 10.0. The first-order valence-electron chi connectivity index (χ1n) is 6.69. The largest absolute Gasteiger partial charge is 0.507 e. The molecule has 1 aromatic rings. The Morgan fingerprint density at radius 2 is 1.65 bits per heavy atom. The van der Waals surface area contributed by atoms with Gasteiger partial charge in [-0.25, -0.2) is 0 Å². The van der Waals surface area contributed by atoms with E-state index in [0.717, 1.165) is 24.0 Å². The predicted molar refractivity (Wildman–Crippen MR) is 76.9 cm³/mol. The van der Waals surface area contributed by atoms with E-state index >= 15 is 0 Å². The van der Waals surface area contributed by atoms with Crippen molar-refractivity contribution in [2.24, 2.45) is 0 Å². The maximum Gasteiger partial charge on any atom is 0.122 e. The van der Waals surface area contributed by atoms with Crippen molar-refractivity contribution in [1.82, 2.24) is 0 Å². The van der Waals surface area contributed by atoms with E-state index in [0.29, 0.717) is 5.75 Å². The molecule has 1 rings (SSSR count). The number of benzene rings is 1. The summed E-state index contributed by atoms with van der Waals surface area (Å²) in [6.07, 6.45) is 2.23. The van der Waals surface area contributed by atoms with Gasteiger partial charge >= 0.3 is 0 Å². The van der Waals surface area contributed by atoms with Crippen LogP contribution in [0.2, 0.25) is 0 Å². The number of hydrogen-bond donors (Lipinski definition) is 1. The number of rotatable bonds is 2. The van der Waals surface area contributed by atoms with Crippen LogP contribution in [0.1, 0.15) is 64.7 Å². The summed E-state index contributed by atoms with van der Waals surface area (Å²) in [4.78, 5) is 0. The third-order valence-corrected chi connectivity index (χ3v) is 2.71. The van der Waals surface area contributed by atoms with Gasteiger partial charge in [-0.2, -0.15) is 0 Å². The summed E-state index contributed by atoms with van der Waals surface area (Å²) in [7, 11) is 0. The topological polar surface area (TPSA) is 20.2 Å². The molecule has 0 aliphatic rings. The fourth-order valence-corrected chi connectivity index (χ4v) is 1.86. The Balaban J connectivity index is 0.00000121. The normalized spacial score (nSPS) is 10.8. The molecule has 0 saturated heterocycles. The molecular formula is C16H28O. The lowest BCUT2D eigenvalue weighted by atomic mass is 9.84. The average Bonchev–Trinajstić information content (AvgIpc) is 2.25. The third-order valence-electron chi connectivity index (χ3n) is 2.71. The van der Waals surface area contributed by atoms with Crippen molar-refractivity contribution in [1.29, 1.82) is 0 Å². The molecule has 0 spiro atoms. The standard InChI is InChI=1S/C14H22O.C2H6/c1-6-7-11-8-10(2)13(15)12(9-11)14(3,4)5;1-2/h8-9,15H,6-7H2,1-5H3;1-2H3. The van der Waals surface area contributed by atoms with E-state index in [1.807, 2.05) is 20.8 Å². The SMILES string of the molecule is CC.CCCc1cc(C)c(O)c(C(C)(C)C)c1. The minimum Gasteiger partial charge on any atom is -0.507 e.